The molecule has 3 amide bonds. The molecule has 0 unspecified atom stereocenters. The number of nitrogens with one attached hydrogen (secondary N) is 1. The topological polar surface area (TPSA) is 102 Å². The number of alkyl halides is 2. The van der Waals surface area contributed by atoms with Crippen molar-refractivity contribution in [2.45, 2.75) is 23.6 Å². The van der Waals surface area contributed by atoms with Gasteiger partial charge in [0.15, 0.2) is 6.61 Å². The summed E-state index contributed by atoms with van der Waals surface area (Å²) in [5, 5.41) is 1.89. The van der Waals surface area contributed by atoms with Gasteiger partial charge in [-0.25, -0.2) is 4.79 Å². The number of hydrogen-bond donors (Lipinski definition) is 1. The Morgan fingerprint density at radius 1 is 0.941 bits per heavy atom. The molecule has 0 aromatic heterocycles. The third kappa shape index (κ3) is 4.88. The van der Waals surface area contributed by atoms with E-state index in [4.69, 9.17) is 32.7 Å². The van der Waals surface area contributed by atoms with E-state index >= 15 is 0 Å². The number of carbonyl (C=O) groups is 4. The minimum absolute atomic E-state index is 0.180. The van der Waals surface area contributed by atoms with Crippen molar-refractivity contribution in [3.8, 4) is 5.75 Å². The number of ether oxygens (including phenoxy) is 2. The molecular formula is C24H22Cl2N2O6. The first-order valence-corrected chi connectivity index (χ1v) is 11.5. The standard InChI is InChI=1S/C24H22Cl2N2O6/c1-33-16-8-4-14(5-9-16)27-21(29)12-34-24(32)13-2-6-15(7-3-13)28-22(30)17-10-19(25)20(26)11-18(17)23(28)31/h2-9,17-20H,10-12H2,1H3,(H,27,29)/t17-,18-,19+,20+/m1/s1. The quantitative estimate of drug-likeness (QED) is 0.366. The van der Waals surface area contributed by atoms with Gasteiger partial charge in [0.2, 0.25) is 11.8 Å². The molecular weight excluding hydrogens is 483 g/mol. The van der Waals surface area contributed by atoms with Gasteiger partial charge in [-0.1, -0.05) is 0 Å². The third-order valence-corrected chi connectivity index (χ3v) is 7.07. The van der Waals surface area contributed by atoms with Gasteiger partial charge in [0, 0.05) is 5.69 Å². The van der Waals surface area contributed by atoms with Crippen LogP contribution in [0.3, 0.4) is 0 Å². The van der Waals surface area contributed by atoms with Crippen LogP contribution in [0, 0.1) is 11.8 Å². The Morgan fingerprint density at radius 2 is 1.50 bits per heavy atom. The predicted octanol–water partition coefficient (Wildman–Crippen LogP) is 3.60. The van der Waals surface area contributed by atoms with E-state index in [1.54, 1.807) is 24.3 Å². The van der Waals surface area contributed by atoms with Crippen LogP contribution < -0.4 is 15.0 Å². The highest BCUT2D eigenvalue weighted by molar-refractivity contribution is 6.31. The lowest BCUT2D eigenvalue weighted by Crippen LogP contribution is -2.34. The maximum absolute atomic E-state index is 12.8. The number of nitrogens with zero attached hydrogens (tertiary/aromatic N) is 1. The minimum atomic E-state index is -0.709. The molecule has 1 aliphatic carbocycles. The van der Waals surface area contributed by atoms with Crippen LogP contribution in [0.25, 0.3) is 0 Å². The molecule has 8 nitrogen and oxygen atoms in total. The van der Waals surface area contributed by atoms with Gasteiger partial charge >= 0.3 is 5.97 Å². The minimum Gasteiger partial charge on any atom is -0.497 e. The molecule has 0 bridgehead atoms. The number of esters is 1. The molecule has 2 aliphatic rings. The molecule has 4 atom stereocenters. The van der Waals surface area contributed by atoms with Crippen LogP contribution >= 0.6 is 23.2 Å². The summed E-state index contributed by atoms with van der Waals surface area (Å²) in [5.74, 6) is -2.15. The number of amides is 3. The number of benzene rings is 2. The van der Waals surface area contributed by atoms with E-state index in [2.05, 4.69) is 5.32 Å². The van der Waals surface area contributed by atoms with Gasteiger partial charge in [-0.15, -0.1) is 23.2 Å². The normalized spacial score (nSPS) is 23.9. The van der Waals surface area contributed by atoms with E-state index in [1.807, 2.05) is 0 Å². The lowest BCUT2D eigenvalue weighted by Gasteiger charge is -2.28. The summed E-state index contributed by atoms with van der Waals surface area (Å²) in [6.45, 7) is -0.474. The fraction of sp³-hybridized carbons (Fsp3) is 0.333. The Labute approximate surface area is 206 Å². The smallest absolute Gasteiger partial charge is 0.338 e. The van der Waals surface area contributed by atoms with Gasteiger partial charge < -0.3 is 14.8 Å². The number of hydrogen-bond acceptors (Lipinski definition) is 6. The Morgan fingerprint density at radius 3 is 2.03 bits per heavy atom. The molecule has 2 aromatic rings. The molecule has 4 rings (SSSR count). The zero-order valence-electron chi connectivity index (χ0n) is 18.2. The monoisotopic (exact) mass is 504 g/mol. The molecule has 1 heterocycles. The maximum atomic E-state index is 12.8. The highest BCUT2D eigenvalue weighted by atomic mass is 35.5. The van der Waals surface area contributed by atoms with Gasteiger partial charge in [0.25, 0.3) is 5.91 Å². The second-order valence-corrected chi connectivity index (χ2v) is 9.25. The molecule has 1 aliphatic heterocycles. The van der Waals surface area contributed by atoms with Gasteiger partial charge in [-0.05, 0) is 61.4 Å². The fourth-order valence-electron chi connectivity index (χ4n) is 4.18. The summed E-state index contributed by atoms with van der Waals surface area (Å²) < 4.78 is 10.1. The van der Waals surface area contributed by atoms with Crippen molar-refractivity contribution in [1.82, 2.24) is 0 Å². The Bertz CT molecular complexity index is 1080. The zero-order chi connectivity index (χ0) is 24.4. The van der Waals surface area contributed by atoms with Crippen LogP contribution in [0.1, 0.15) is 23.2 Å². The van der Waals surface area contributed by atoms with E-state index in [-0.39, 0.29) is 28.1 Å². The molecule has 0 radical (unpaired) electrons. The van der Waals surface area contributed by atoms with Gasteiger partial charge in [0.1, 0.15) is 5.75 Å². The second kappa shape index (κ2) is 10.0. The van der Waals surface area contributed by atoms with Gasteiger partial charge in [0.05, 0.1) is 41.0 Å². The van der Waals surface area contributed by atoms with Crippen molar-refractivity contribution in [1.29, 1.82) is 0 Å². The van der Waals surface area contributed by atoms with Gasteiger partial charge in [-0.2, -0.15) is 0 Å². The van der Waals surface area contributed by atoms with Crippen molar-refractivity contribution in [3.05, 3.63) is 54.1 Å². The number of halogens is 2. The van der Waals surface area contributed by atoms with Crippen molar-refractivity contribution in [3.63, 3.8) is 0 Å². The molecule has 10 heteroatoms. The van der Waals surface area contributed by atoms with Crippen molar-refractivity contribution in [2.75, 3.05) is 23.9 Å². The van der Waals surface area contributed by atoms with Crippen LogP contribution in [-0.4, -0.2) is 48.2 Å². The zero-order valence-corrected chi connectivity index (χ0v) is 19.7. The summed E-state index contributed by atoms with van der Waals surface area (Å²) in [6, 6.07) is 12.6. The summed E-state index contributed by atoms with van der Waals surface area (Å²) in [4.78, 5) is 51.2. The van der Waals surface area contributed by atoms with E-state index in [9.17, 15) is 19.2 Å². The molecule has 2 aromatic carbocycles. The number of imide groups is 1. The number of anilines is 2. The summed E-state index contributed by atoms with van der Waals surface area (Å²) in [5.41, 5.74) is 1.07. The van der Waals surface area contributed by atoms with Crippen LogP contribution in [0.5, 0.6) is 5.75 Å². The molecule has 2 fully saturated rings. The average Bonchev–Trinajstić information content (AvgIpc) is 3.07. The summed E-state index contributed by atoms with van der Waals surface area (Å²) in [6.07, 6.45) is 0.703. The van der Waals surface area contributed by atoms with Crippen molar-refractivity contribution in [2.24, 2.45) is 11.8 Å². The van der Waals surface area contributed by atoms with Crippen molar-refractivity contribution >= 4 is 58.3 Å². The predicted molar refractivity (Wildman–Crippen MR) is 126 cm³/mol. The largest absolute Gasteiger partial charge is 0.497 e. The van der Waals surface area contributed by atoms with E-state index in [0.717, 1.165) is 4.90 Å². The van der Waals surface area contributed by atoms with Gasteiger partial charge in [-0.3, -0.25) is 19.3 Å². The van der Waals surface area contributed by atoms with E-state index in [1.165, 1.54) is 31.4 Å². The molecule has 0 spiro atoms. The molecule has 34 heavy (non-hydrogen) atoms. The fourth-order valence-corrected chi connectivity index (χ4v) is 4.77. The lowest BCUT2D eigenvalue weighted by molar-refractivity contribution is -0.122. The maximum Gasteiger partial charge on any atom is 0.338 e. The number of fused-ring (bicyclic) bond motifs is 1. The van der Waals surface area contributed by atoms with Crippen LogP contribution in [0.15, 0.2) is 48.5 Å². The molecule has 1 saturated carbocycles. The highest BCUT2D eigenvalue weighted by Gasteiger charge is 2.52. The summed E-state index contributed by atoms with van der Waals surface area (Å²) >= 11 is 12.4. The molecule has 1 saturated heterocycles. The second-order valence-electron chi connectivity index (χ2n) is 8.13. The van der Waals surface area contributed by atoms with E-state index in [0.29, 0.717) is 30.0 Å². The Kier molecular flexibility index (Phi) is 7.09. The van der Waals surface area contributed by atoms with Crippen molar-refractivity contribution < 1.29 is 28.7 Å². The SMILES string of the molecule is COc1ccc(NC(=O)COC(=O)c2ccc(N3C(=O)[C@@H]4C[C@H](Cl)[C@@H](Cl)C[C@H]4C3=O)cc2)cc1. The Hall–Kier alpha value is -3.10. The van der Waals surface area contributed by atoms with Crippen LogP contribution in [-0.2, 0) is 19.1 Å². The lowest BCUT2D eigenvalue weighted by atomic mass is 9.80. The average molecular weight is 505 g/mol. The summed E-state index contributed by atoms with van der Waals surface area (Å²) in [7, 11) is 1.54. The van der Waals surface area contributed by atoms with Crippen LogP contribution in [0.4, 0.5) is 11.4 Å². The first-order chi connectivity index (χ1) is 16.3. The highest BCUT2D eigenvalue weighted by Crippen LogP contribution is 2.43. The first kappa shape index (κ1) is 24.0. The number of carbonyl (C=O) groups excluding carboxylic acids is 4. The first-order valence-electron chi connectivity index (χ1n) is 10.7. The number of rotatable bonds is 6. The Balaban J connectivity index is 1.35. The number of methoxy groups -OCH3 is 1. The molecule has 178 valence electrons. The van der Waals surface area contributed by atoms with Crippen LogP contribution in [0.2, 0.25) is 0 Å². The third-order valence-electron chi connectivity index (χ3n) is 5.98. The van der Waals surface area contributed by atoms with E-state index < -0.39 is 30.3 Å². The molecule has 1 N–H and O–H groups in total.